The smallest absolute Gasteiger partial charge is 0.221 e. The van der Waals surface area contributed by atoms with Crippen LogP contribution in [-0.2, 0) is 19.4 Å². The Morgan fingerprint density at radius 2 is 1.52 bits per heavy atom. The molecule has 5 nitrogen and oxygen atoms in total. The van der Waals surface area contributed by atoms with Gasteiger partial charge in [-0.15, -0.1) is 0 Å². The van der Waals surface area contributed by atoms with E-state index in [1.807, 2.05) is 0 Å². The van der Waals surface area contributed by atoms with Crippen molar-refractivity contribution in [3.05, 3.63) is 82.5 Å². The summed E-state index contributed by atoms with van der Waals surface area (Å²) in [6, 6.07) is 17.4. The number of fused-ring (bicyclic) bond motifs is 2. The maximum Gasteiger partial charge on any atom is 0.221 e. The summed E-state index contributed by atoms with van der Waals surface area (Å²) in [6.07, 6.45) is 3.80. The van der Waals surface area contributed by atoms with Crippen molar-refractivity contribution in [2.45, 2.75) is 25.4 Å². The monoisotopic (exact) mass is 331 g/mol. The van der Waals surface area contributed by atoms with E-state index in [0.29, 0.717) is 12.4 Å². The zero-order chi connectivity index (χ0) is 17.2. The van der Waals surface area contributed by atoms with Crippen LogP contribution in [0.5, 0.6) is 0 Å². The molecule has 2 aromatic carbocycles. The number of benzene rings is 2. The molecule has 5 heteroatoms. The molecule has 0 radical (unpaired) electrons. The van der Waals surface area contributed by atoms with E-state index in [9.17, 15) is 0 Å². The summed E-state index contributed by atoms with van der Waals surface area (Å²) in [6.45, 7) is 0.583. The minimum atomic E-state index is 0.117. The molecule has 0 fully saturated rings. The van der Waals surface area contributed by atoms with Gasteiger partial charge in [-0.3, -0.25) is 0 Å². The van der Waals surface area contributed by atoms with Crippen molar-refractivity contribution in [3.63, 3.8) is 0 Å². The molecule has 126 valence electrons. The van der Waals surface area contributed by atoms with Crippen LogP contribution in [0.15, 0.2) is 54.7 Å². The lowest BCUT2D eigenvalue weighted by molar-refractivity contribution is 0.602. The highest BCUT2D eigenvalue weighted by Gasteiger charge is 2.23. The van der Waals surface area contributed by atoms with E-state index in [2.05, 4.69) is 63.8 Å². The van der Waals surface area contributed by atoms with Gasteiger partial charge in [0, 0.05) is 18.3 Å². The summed E-state index contributed by atoms with van der Waals surface area (Å²) in [5.74, 6) is 0.626. The summed E-state index contributed by atoms with van der Waals surface area (Å²) in [7, 11) is 0. The second kappa shape index (κ2) is 6.53. The zero-order valence-electron chi connectivity index (χ0n) is 13.9. The van der Waals surface area contributed by atoms with Gasteiger partial charge in [0.15, 0.2) is 0 Å². The first-order chi connectivity index (χ1) is 12.2. The lowest BCUT2D eigenvalue weighted by Gasteiger charge is -2.22. The van der Waals surface area contributed by atoms with Gasteiger partial charge in [0.05, 0.1) is 6.04 Å². The first kappa shape index (κ1) is 15.6. The summed E-state index contributed by atoms with van der Waals surface area (Å²) in [5.41, 5.74) is 17.8. The van der Waals surface area contributed by atoms with Gasteiger partial charge in [0.2, 0.25) is 5.95 Å². The number of nitrogens with one attached hydrogen (secondary N) is 1. The minimum Gasteiger partial charge on any atom is -0.383 e. The van der Waals surface area contributed by atoms with E-state index >= 15 is 0 Å². The standard InChI is InChI=1S/C20H21N5/c21-19-15(12-24-20(22)25-19)11-23-18-16-7-3-1-5-13(16)9-10-14-6-2-4-8-17(14)18/h1-8,12,18,23H,9-11H2,(H4,21,22,24,25). The SMILES string of the molecule is Nc1ncc(CNC2c3ccccc3CCc3ccccc32)c(N)n1. The van der Waals surface area contributed by atoms with Crippen LogP contribution in [0, 0.1) is 0 Å². The summed E-state index contributed by atoms with van der Waals surface area (Å²) in [4.78, 5) is 8.11. The van der Waals surface area contributed by atoms with Crippen LogP contribution in [0.3, 0.4) is 0 Å². The Morgan fingerprint density at radius 1 is 0.920 bits per heavy atom. The molecular weight excluding hydrogens is 310 g/mol. The van der Waals surface area contributed by atoms with Gasteiger partial charge in [0.1, 0.15) is 5.82 Å². The molecule has 1 aromatic heterocycles. The summed E-state index contributed by atoms with van der Waals surface area (Å²) in [5, 5.41) is 3.65. The Bertz CT molecular complexity index is 859. The largest absolute Gasteiger partial charge is 0.383 e. The van der Waals surface area contributed by atoms with Gasteiger partial charge in [-0.1, -0.05) is 48.5 Å². The van der Waals surface area contributed by atoms with Crippen LogP contribution in [0.2, 0.25) is 0 Å². The maximum absolute atomic E-state index is 5.99. The van der Waals surface area contributed by atoms with Crippen LogP contribution in [0.25, 0.3) is 0 Å². The van der Waals surface area contributed by atoms with Crippen molar-refractivity contribution < 1.29 is 0 Å². The highest BCUT2D eigenvalue weighted by atomic mass is 15.0. The number of aromatic nitrogens is 2. The third-order valence-corrected chi connectivity index (χ3v) is 4.81. The first-order valence-corrected chi connectivity index (χ1v) is 8.48. The van der Waals surface area contributed by atoms with Gasteiger partial charge in [0.25, 0.3) is 0 Å². The quantitative estimate of drug-likeness (QED) is 0.686. The highest BCUT2D eigenvalue weighted by molar-refractivity contribution is 5.45. The number of hydrogen-bond acceptors (Lipinski definition) is 5. The first-order valence-electron chi connectivity index (χ1n) is 8.48. The average molecular weight is 331 g/mol. The Morgan fingerprint density at radius 3 is 2.12 bits per heavy atom. The molecule has 0 saturated carbocycles. The third kappa shape index (κ3) is 3.06. The van der Waals surface area contributed by atoms with Crippen molar-refractivity contribution >= 4 is 11.8 Å². The molecule has 0 bridgehead atoms. The number of anilines is 2. The molecule has 5 N–H and O–H groups in total. The van der Waals surface area contributed by atoms with Gasteiger partial charge in [-0.05, 0) is 35.1 Å². The fraction of sp³-hybridized carbons (Fsp3) is 0.200. The molecule has 0 spiro atoms. The number of rotatable bonds is 3. The maximum atomic E-state index is 5.99. The Hall–Kier alpha value is -2.92. The van der Waals surface area contributed by atoms with Crippen molar-refractivity contribution in [3.8, 4) is 0 Å². The molecule has 1 aliphatic carbocycles. The van der Waals surface area contributed by atoms with E-state index in [-0.39, 0.29) is 12.0 Å². The number of hydrogen-bond donors (Lipinski definition) is 3. The predicted octanol–water partition coefficient (Wildman–Crippen LogP) is 2.62. The molecule has 1 heterocycles. The van der Waals surface area contributed by atoms with Crippen molar-refractivity contribution in [1.82, 2.24) is 15.3 Å². The topological polar surface area (TPSA) is 89.8 Å². The molecule has 0 unspecified atom stereocenters. The normalized spacial score (nSPS) is 13.8. The molecule has 0 saturated heterocycles. The molecule has 3 aromatic rings. The summed E-state index contributed by atoms with van der Waals surface area (Å²) < 4.78 is 0. The summed E-state index contributed by atoms with van der Waals surface area (Å²) >= 11 is 0. The number of nitrogens with two attached hydrogens (primary N) is 2. The number of nitrogens with zero attached hydrogens (tertiary/aromatic N) is 2. The molecule has 0 atom stereocenters. The number of nitrogen functional groups attached to an aromatic ring is 2. The molecule has 25 heavy (non-hydrogen) atoms. The van der Waals surface area contributed by atoms with Crippen LogP contribution < -0.4 is 16.8 Å². The molecule has 4 rings (SSSR count). The van der Waals surface area contributed by atoms with E-state index < -0.39 is 0 Å². The molecule has 0 aliphatic heterocycles. The van der Waals surface area contributed by atoms with E-state index in [4.69, 9.17) is 11.5 Å². The van der Waals surface area contributed by atoms with Gasteiger partial charge < -0.3 is 16.8 Å². The lowest BCUT2D eigenvalue weighted by atomic mass is 9.94. The zero-order valence-corrected chi connectivity index (χ0v) is 13.9. The minimum absolute atomic E-state index is 0.117. The Balaban J connectivity index is 1.70. The fourth-order valence-electron chi connectivity index (χ4n) is 3.53. The lowest BCUT2D eigenvalue weighted by Crippen LogP contribution is -2.24. The van der Waals surface area contributed by atoms with Crippen LogP contribution in [-0.4, -0.2) is 9.97 Å². The Labute approximate surface area is 147 Å². The van der Waals surface area contributed by atoms with Crippen molar-refractivity contribution in [2.24, 2.45) is 0 Å². The molecule has 0 amide bonds. The second-order valence-electron chi connectivity index (χ2n) is 6.35. The second-order valence-corrected chi connectivity index (χ2v) is 6.35. The molecular formula is C20H21N5. The fourth-order valence-corrected chi connectivity index (χ4v) is 3.53. The Kier molecular flexibility index (Phi) is 4.07. The third-order valence-electron chi connectivity index (χ3n) is 4.81. The van der Waals surface area contributed by atoms with Crippen LogP contribution >= 0.6 is 0 Å². The average Bonchev–Trinajstić information content (AvgIpc) is 2.78. The van der Waals surface area contributed by atoms with Gasteiger partial charge in [-0.2, -0.15) is 4.98 Å². The van der Waals surface area contributed by atoms with Gasteiger partial charge >= 0.3 is 0 Å². The van der Waals surface area contributed by atoms with E-state index in [0.717, 1.165) is 18.4 Å². The predicted molar refractivity (Wildman–Crippen MR) is 99.8 cm³/mol. The van der Waals surface area contributed by atoms with Crippen molar-refractivity contribution in [1.29, 1.82) is 0 Å². The number of aryl methyl sites for hydroxylation is 2. The highest BCUT2D eigenvalue weighted by Crippen LogP contribution is 2.32. The van der Waals surface area contributed by atoms with Crippen LogP contribution in [0.1, 0.15) is 33.9 Å². The van der Waals surface area contributed by atoms with Gasteiger partial charge in [-0.25, -0.2) is 4.98 Å². The van der Waals surface area contributed by atoms with E-state index in [1.54, 1.807) is 6.20 Å². The van der Waals surface area contributed by atoms with Crippen LogP contribution in [0.4, 0.5) is 11.8 Å². The molecule has 1 aliphatic rings. The van der Waals surface area contributed by atoms with E-state index in [1.165, 1.54) is 22.3 Å². The van der Waals surface area contributed by atoms with Crippen molar-refractivity contribution in [2.75, 3.05) is 11.5 Å².